The summed E-state index contributed by atoms with van der Waals surface area (Å²) in [4.78, 5) is 27.2. The Morgan fingerprint density at radius 1 is 1.13 bits per heavy atom. The van der Waals surface area contributed by atoms with E-state index in [4.69, 9.17) is 9.47 Å². The second kappa shape index (κ2) is 8.28. The van der Waals surface area contributed by atoms with Crippen LogP contribution in [0.25, 0.3) is 0 Å². The van der Waals surface area contributed by atoms with E-state index in [1.165, 1.54) is 11.3 Å². The number of benzene rings is 1. The van der Waals surface area contributed by atoms with Gasteiger partial charge in [0.2, 0.25) is 0 Å². The zero-order valence-corrected chi connectivity index (χ0v) is 13.8. The first kappa shape index (κ1) is 17.0. The van der Waals surface area contributed by atoms with E-state index in [1.807, 2.05) is 24.3 Å². The lowest BCUT2D eigenvalue weighted by molar-refractivity contribution is -0.142. The summed E-state index contributed by atoms with van der Waals surface area (Å²) >= 11 is 1.32. The van der Waals surface area contributed by atoms with Crippen molar-refractivity contribution < 1.29 is 19.1 Å². The third-order valence-corrected chi connectivity index (χ3v) is 3.61. The first-order valence-corrected chi connectivity index (χ1v) is 8.14. The molecule has 0 saturated carbocycles. The summed E-state index contributed by atoms with van der Waals surface area (Å²) in [5.41, 5.74) is 1.99. The van der Waals surface area contributed by atoms with Crippen LogP contribution in [0.2, 0.25) is 0 Å². The molecule has 2 rings (SSSR count). The summed E-state index contributed by atoms with van der Waals surface area (Å²) in [5.74, 6) is -0.672. The van der Waals surface area contributed by atoms with Crippen molar-refractivity contribution in [1.82, 2.24) is 4.98 Å². The van der Waals surface area contributed by atoms with E-state index >= 15 is 0 Å². The highest BCUT2D eigenvalue weighted by atomic mass is 32.1. The number of aromatic nitrogens is 1. The summed E-state index contributed by atoms with van der Waals surface area (Å²) < 4.78 is 9.81. The fourth-order valence-corrected chi connectivity index (χ4v) is 2.54. The molecule has 0 radical (unpaired) electrons. The predicted molar refractivity (Wildman–Crippen MR) is 88.1 cm³/mol. The van der Waals surface area contributed by atoms with Gasteiger partial charge in [-0.2, -0.15) is 0 Å². The maximum absolute atomic E-state index is 11.6. The average Bonchev–Trinajstić information content (AvgIpc) is 2.98. The highest BCUT2D eigenvalue weighted by Gasteiger charge is 2.11. The summed E-state index contributed by atoms with van der Waals surface area (Å²) in [6.07, 6.45) is 0.248. The Labute approximate surface area is 138 Å². The van der Waals surface area contributed by atoms with Crippen molar-refractivity contribution in [2.45, 2.75) is 20.3 Å². The quantitative estimate of drug-likeness (QED) is 0.784. The zero-order chi connectivity index (χ0) is 16.7. The second-order valence-electron chi connectivity index (χ2n) is 4.56. The van der Waals surface area contributed by atoms with Crippen LogP contribution in [0.15, 0.2) is 29.6 Å². The molecule has 1 aromatic heterocycles. The van der Waals surface area contributed by atoms with Gasteiger partial charge in [0.25, 0.3) is 0 Å². The maximum atomic E-state index is 11.6. The summed E-state index contributed by atoms with van der Waals surface area (Å²) in [5, 5.41) is 5.36. The van der Waals surface area contributed by atoms with Crippen LogP contribution in [0.3, 0.4) is 0 Å². The Hall–Kier alpha value is -2.41. The molecule has 0 spiro atoms. The average molecular weight is 334 g/mol. The van der Waals surface area contributed by atoms with E-state index in [1.54, 1.807) is 19.2 Å². The number of carbonyl (C=O) groups excluding carboxylic acids is 2. The van der Waals surface area contributed by atoms with Crippen LogP contribution in [-0.2, 0) is 20.7 Å². The number of ether oxygens (including phenoxy) is 2. The minimum absolute atomic E-state index is 0.243. The van der Waals surface area contributed by atoms with E-state index in [0.717, 1.165) is 11.3 Å². The van der Waals surface area contributed by atoms with Crippen molar-refractivity contribution in [3.05, 3.63) is 40.9 Å². The standard InChI is InChI=1S/C16H18N2O4S/c1-3-21-14(19)9-11-5-7-12(8-6-11)17-16-18-13(10-23-16)15(20)22-4-2/h5-8,10H,3-4,9H2,1-2H3,(H,17,18). The molecule has 0 aliphatic carbocycles. The first-order chi connectivity index (χ1) is 11.1. The van der Waals surface area contributed by atoms with Gasteiger partial charge < -0.3 is 14.8 Å². The van der Waals surface area contributed by atoms with Gasteiger partial charge >= 0.3 is 11.9 Å². The van der Waals surface area contributed by atoms with Crippen molar-refractivity contribution in [3.8, 4) is 0 Å². The van der Waals surface area contributed by atoms with Gasteiger partial charge in [0, 0.05) is 11.1 Å². The van der Waals surface area contributed by atoms with E-state index in [-0.39, 0.29) is 12.4 Å². The molecule has 2 aromatic rings. The number of nitrogens with zero attached hydrogens (tertiary/aromatic N) is 1. The number of hydrogen-bond acceptors (Lipinski definition) is 7. The fourth-order valence-electron chi connectivity index (χ4n) is 1.84. The maximum Gasteiger partial charge on any atom is 0.357 e. The lowest BCUT2D eigenvalue weighted by Gasteiger charge is -2.05. The van der Waals surface area contributed by atoms with Crippen LogP contribution in [0.5, 0.6) is 0 Å². The molecule has 23 heavy (non-hydrogen) atoms. The van der Waals surface area contributed by atoms with Crippen LogP contribution in [0.1, 0.15) is 29.9 Å². The largest absolute Gasteiger partial charge is 0.466 e. The lowest BCUT2D eigenvalue weighted by Crippen LogP contribution is -2.07. The zero-order valence-electron chi connectivity index (χ0n) is 13.0. The van der Waals surface area contributed by atoms with E-state index in [9.17, 15) is 9.59 Å². The number of anilines is 2. The monoisotopic (exact) mass is 334 g/mol. The Kier molecular flexibility index (Phi) is 6.10. The van der Waals surface area contributed by atoms with E-state index in [2.05, 4.69) is 10.3 Å². The van der Waals surface area contributed by atoms with E-state index < -0.39 is 5.97 Å². The Bertz CT molecular complexity index is 667. The summed E-state index contributed by atoms with van der Waals surface area (Å²) in [7, 11) is 0. The smallest absolute Gasteiger partial charge is 0.357 e. The van der Waals surface area contributed by atoms with Crippen molar-refractivity contribution in [2.24, 2.45) is 0 Å². The number of esters is 2. The number of nitrogens with one attached hydrogen (secondary N) is 1. The van der Waals surface area contributed by atoms with E-state index in [0.29, 0.717) is 24.0 Å². The third kappa shape index (κ3) is 5.07. The molecule has 0 fully saturated rings. The molecule has 122 valence electrons. The molecular weight excluding hydrogens is 316 g/mol. The highest BCUT2D eigenvalue weighted by molar-refractivity contribution is 7.14. The molecule has 7 heteroatoms. The Morgan fingerprint density at radius 3 is 2.48 bits per heavy atom. The molecule has 1 N–H and O–H groups in total. The second-order valence-corrected chi connectivity index (χ2v) is 5.42. The molecular formula is C16H18N2O4S. The third-order valence-electron chi connectivity index (χ3n) is 2.85. The van der Waals surface area contributed by atoms with Crippen molar-refractivity contribution in [1.29, 1.82) is 0 Å². The van der Waals surface area contributed by atoms with Crippen molar-refractivity contribution >= 4 is 34.1 Å². The molecule has 0 saturated heterocycles. The van der Waals surface area contributed by atoms with Crippen molar-refractivity contribution in [3.63, 3.8) is 0 Å². The normalized spacial score (nSPS) is 10.2. The molecule has 0 amide bonds. The van der Waals surface area contributed by atoms with Gasteiger partial charge in [-0.05, 0) is 31.5 Å². The summed E-state index contributed by atoms with van der Waals surface area (Å²) in [6.45, 7) is 4.23. The molecule has 0 aliphatic heterocycles. The van der Waals surface area contributed by atoms with Crippen LogP contribution in [0.4, 0.5) is 10.8 Å². The first-order valence-electron chi connectivity index (χ1n) is 7.26. The number of carbonyl (C=O) groups is 2. The number of rotatable bonds is 7. The number of thiazole rings is 1. The van der Waals surface area contributed by atoms with Crippen LogP contribution >= 0.6 is 11.3 Å². The fraction of sp³-hybridized carbons (Fsp3) is 0.312. The molecule has 0 unspecified atom stereocenters. The minimum Gasteiger partial charge on any atom is -0.466 e. The van der Waals surface area contributed by atoms with Gasteiger partial charge in [0.1, 0.15) is 0 Å². The predicted octanol–water partition coefficient (Wildman–Crippen LogP) is 3.17. The van der Waals surface area contributed by atoms with Gasteiger partial charge in [-0.25, -0.2) is 9.78 Å². The topological polar surface area (TPSA) is 77.5 Å². The lowest BCUT2D eigenvalue weighted by atomic mass is 10.1. The van der Waals surface area contributed by atoms with Crippen LogP contribution in [-0.4, -0.2) is 30.1 Å². The molecule has 0 atom stereocenters. The van der Waals surface area contributed by atoms with Crippen LogP contribution < -0.4 is 5.32 Å². The Morgan fingerprint density at radius 2 is 1.83 bits per heavy atom. The summed E-state index contributed by atoms with van der Waals surface area (Å²) in [6, 6.07) is 7.39. The van der Waals surface area contributed by atoms with Gasteiger partial charge in [0.15, 0.2) is 10.8 Å². The minimum atomic E-state index is -0.429. The van der Waals surface area contributed by atoms with Gasteiger partial charge in [0.05, 0.1) is 19.6 Å². The van der Waals surface area contributed by atoms with Crippen LogP contribution in [0, 0.1) is 0 Å². The highest BCUT2D eigenvalue weighted by Crippen LogP contribution is 2.21. The molecule has 0 bridgehead atoms. The van der Waals surface area contributed by atoms with Gasteiger partial charge in [-0.1, -0.05) is 12.1 Å². The molecule has 6 nitrogen and oxygen atoms in total. The molecule has 0 aliphatic rings. The van der Waals surface area contributed by atoms with Gasteiger partial charge in [-0.15, -0.1) is 11.3 Å². The van der Waals surface area contributed by atoms with Crippen molar-refractivity contribution in [2.75, 3.05) is 18.5 Å². The number of hydrogen-bond donors (Lipinski definition) is 1. The molecule has 1 aromatic carbocycles. The van der Waals surface area contributed by atoms with Gasteiger partial charge in [-0.3, -0.25) is 4.79 Å². The SMILES string of the molecule is CCOC(=O)Cc1ccc(Nc2nc(C(=O)OCC)cs2)cc1. The molecule has 1 heterocycles. The Balaban J connectivity index is 1.96.